The summed E-state index contributed by atoms with van der Waals surface area (Å²) in [4.78, 5) is 10.9. The highest BCUT2D eigenvalue weighted by Crippen LogP contribution is 2.46. The van der Waals surface area contributed by atoms with Crippen LogP contribution in [-0.4, -0.2) is 58.0 Å². The van der Waals surface area contributed by atoms with Crippen molar-refractivity contribution in [2.75, 3.05) is 6.61 Å². The Morgan fingerprint density at radius 1 is 1.18 bits per heavy atom. The number of aliphatic hydroxyl groups is 3. The number of hydrogen-bond donors (Lipinski definition) is 4. The van der Waals surface area contributed by atoms with Crippen molar-refractivity contribution in [3.8, 4) is 0 Å². The molecule has 33 heavy (non-hydrogen) atoms. The number of primary amides is 1. The number of nitrogens with two attached hydrogens (primary N) is 1. The first-order valence-electron chi connectivity index (χ1n) is 12.5. The maximum Gasteiger partial charge on any atom is 0.241 e. The average molecular weight is 468 g/mol. The number of carbonyl (C=O) groups excluding carboxylic acids is 1. The fourth-order valence-electron chi connectivity index (χ4n) is 5.11. The molecule has 0 saturated carbocycles. The first-order chi connectivity index (χ1) is 15.5. The van der Waals surface area contributed by atoms with Gasteiger partial charge in [0.25, 0.3) is 0 Å². The predicted molar refractivity (Wildman–Crippen MR) is 128 cm³/mol. The van der Waals surface area contributed by atoms with E-state index in [1.807, 2.05) is 27.7 Å². The first kappa shape index (κ1) is 28.0. The lowest BCUT2D eigenvalue weighted by Gasteiger charge is -2.54. The molecule has 2 fully saturated rings. The van der Waals surface area contributed by atoms with Gasteiger partial charge in [0.1, 0.15) is 0 Å². The lowest BCUT2D eigenvalue weighted by molar-refractivity contribution is -0.373. The van der Waals surface area contributed by atoms with Crippen molar-refractivity contribution in [2.45, 2.75) is 103 Å². The molecule has 0 aliphatic carbocycles. The second kappa shape index (κ2) is 12.5. The normalized spacial score (nSPS) is 37.4. The lowest BCUT2D eigenvalue weighted by atomic mass is 9.76. The highest BCUT2D eigenvalue weighted by molar-refractivity contribution is 5.86. The SMILES string of the molecule is CCC(C=CC(N)=O)=CCCC(CO)CC(C)C1CC(O)C(C)C2(CC(O)C(C)C(C)O2)O1. The standard InChI is InChI=1S/C26H45NO6/c1-6-20(10-11-25(27)31)8-7-9-21(15-28)12-16(2)24-13-22(29)18(4)26(33-24)14-23(30)17(3)19(5)32-26/h8,10-11,16-19,21-24,28-30H,6-7,9,12-15H2,1-5H3,(H2,27,31). The van der Waals surface area contributed by atoms with Crippen LogP contribution in [0.3, 0.4) is 0 Å². The van der Waals surface area contributed by atoms with Crippen molar-refractivity contribution < 1.29 is 29.6 Å². The van der Waals surface area contributed by atoms with Gasteiger partial charge in [-0.2, -0.15) is 0 Å². The summed E-state index contributed by atoms with van der Waals surface area (Å²) in [6.07, 6.45) is 7.78. The van der Waals surface area contributed by atoms with E-state index in [4.69, 9.17) is 15.2 Å². The zero-order valence-electron chi connectivity index (χ0n) is 20.9. The predicted octanol–water partition coefficient (Wildman–Crippen LogP) is 3.07. The van der Waals surface area contributed by atoms with Crippen molar-refractivity contribution in [1.82, 2.24) is 0 Å². The van der Waals surface area contributed by atoms with Gasteiger partial charge in [-0.05, 0) is 44.4 Å². The van der Waals surface area contributed by atoms with E-state index in [0.717, 1.165) is 31.3 Å². The summed E-state index contributed by atoms with van der Waals surface area (Å²) in [5.74, 6) is -1.45. The van der Waals surface area contributed by atoms with Crippen molar-refractivity contribution in [3.63, 3.8) is 0 Å². The number of carbonyl (C=O) groups is 1. The third-order valence-corrected chi connectivity index (χ3v) is 7.77. The summed E-state index contributed by atoms with van der Waals surface area (Å²) in [6, 6.07) is 0. The van der Waals surface area contributed by atoms with Crippen LogP contribution in [0, 0.1) is 23.7 Å². The topological polar surface area (TPSA) is 122 Å². The summed E-state index contributed by atoms with van der Waals surface area (Å²) in [5.41, 5.74) is 6.22. The molecule has 5 N–H and O–H groups in total. The molecule has 0 bridgehead atoms. The Labute approximate surface area is 199 Å². The molecule has 0 aromatic heterocycles. The van der Waals surface area contributed by atoms with Gasteiger partial charge < -0.3 is 30.5 Å². The molecule has 190 valence electrons. The van der Waals surface area contributed by atoms with Crippen LogP contribution in [0.1, 0.15) is 73.1 Å². The maximum atomic E-state index is 10.9. The third kappa shape index (κ3) is 7.36. The van der Waals surface area contributed by atoms with Gasteiger partial charge in [-0.25, -0.2) is 0 Å². The van der Waals surface area contributed by atoms with Crippen molar-refractivity contribution in [3.05, 3.63) is 23.8 Å². The van der Waals surface area contributed by atoms with Gasteiger partial charge >= 0.3 is 0 Å². The Morgan fingerprint density at radius 2 is 1.88 bits per heavy atom. The molecule has 7 heteroatoms. The second-order valence-electron chi connectivity index (χ2n) is 10.2. The van der Waals surface area contributed by atoms with E-state index >= 15 is 0 Å². The highest BCUT2D eigenvalue weighted by atomic mass is 16.7. The van der Waals surface area contributed by atoms with E-state index in [0.29, 0.717) is 12.8 Å². The van der Waals surface area contributed by atoms with E-state index < -0.39 is 23.9 Å². The fourth-order valence-corrected chi connectivity index (χ4v) is 5.11. The molecule has 2 aliphatic heterocycles. The number of rotatable bonds is 10. The summed E-state index contributed by atoms with van der Waals surface area (Å²) in [6.45, 7) is 10.1. The average Bonchev–Trinajstić information content (AvgIpc) is 2.76. The zero-order chi connectivity index (χ0) is 24.8. The Bertz CT molecular complexity index is 680. The number of ether oxygens (including phenoxy) is 2. The van der Waals surface area contributed by atoms with E-state index in [1.54, 1.807) is 6.08 Å². The van der Waals surface area contributed by atoms with Gasteiger partial charge in [0.2, 0.25) is 5.91 Å². The van der Waals surface area contributed by atoms with Crippen LogP contribution in [-0.2, 0) is 14.3 Å². The van der Waals surface area contributed by atoms with Crippen molar-refractivity contribution in [2.24, 2.45) is 29.4 Å². The largest absolute Gasteiger partial charge is 0.396 e. The van der Waals surface area contributed by atoms with Gasteiger partial charge in [0, 0.05) is 37.4 Å². The fraction of sp³-hybridized carbons (Fsp3) is 0.808. The van der Waals surface area contributed by atoms with Gasteiger partial charge in [-0.1, -0.05) is 45.4 Å². The molecule has 1 spiro atoms. The molecular weight excluding hydrogens is 422 g/mol. The van der Waals surface area contributed by atoms with Crippen molar-refractivity contribution >= 4 is 5.91 Å². The Kier molecular flexibility index (Phi) is 10.6. The van der Waals surface area contributed by atoms with E-state index in [9.17, 15) is 20.1 Å². The number of aliphatic hydroxyl groups excluding tert-OH is 3. The van der Waals surface area contributed by atoms with Crippen LogP contribution in [0.25, 0.3) is 0 Å². The molecule has 0 aromatic carbocycles. The molecule has 1 amide bonds. The van der Waals surface area contributed by atoms with Crippen LogP contribution in [0.2, 0.25) is 0 Å². The van der Waals surface area contributed by atoms with E-state index in [-0.39, 0.29) is 42.5 Å². The highest BCUT2D eigenvalue weighted by Gasteiger charge is 2.54. The minimum absolute atomic E-state index is 0.0130. The molecule has 2 aliphatic rings. The van der Waals surface area contributed by atoms with Crippen molar-refractivity contribution in [1.29, 1.82) is 0 Å². The minimum atomic E-state index is -0.984. The van der Waals surface area contributed by atoms with Gasteiger partial charge in [0.15, 0.2) is 5.79 Å². The van der Waals surface area contributed by atoms with Crippen LogP contribution in [0.15, 0.2) is 23.8 Å². The minimum Gasteiger partial charge on any atom is -0.396 e. The van der Waals surface area contributed by atoms with Gasteiger partial charge in [-0.3, -0.25) is 4.79 Å². The lowest BCUT2D eigenvalue weighted by Crippen LogP contribution is -2.62. The van der Waals surface area contributed by atoms with Crippen LogP contribution in [0.4, 0.5) is 0 Å². The number of hydrogen-bond acceptors (Lipinski definition) is 6. The second-order valence-corrected chi connectivity index (χ2v) is 10.2. The van der Waals surface area contributed by atoms with Gasteiger partial charge in [-0.15, -0.1) is 0 Å². The molecule has 0 aromatic rings. The summed E-state index contributed by atoms with van der Waals surface area (Å²) in [5, 5.41) is 31.4. The number of allylic oxidation sites excluding steroid dienone is 3. The smallest absolute Gasteiger partial charge is 0.241 e. The zero-order valence-corrected chi connectivity index (χ0v) is 20.9. The van der Waals surface area contributed by atoms with E-state index in [1.165, 1.54) is 6.08 Å². The summed E-state index contributed by atoms with van der Waals surface area (Å²) >= 11 is 0. The molecule has 9 unspecified atom stereocenters. The molecule has 0 radical (unpaired) electrons. The monoisotopic (exact) mass is 467 g/mol. The molecule has 9 atom stereocenters. The van der Waals surface area contributed by atoms with E-state index in [2.05, 4.69) is 13.0 Å². The molecular formula is C26H45NO6. The number of amides is 1. The molecule has 2 heterocycles. The maximum absolute atomic E-state index is 10.9. The van der Waals surface area contributed by atoms with Crippen LogP contribution in [0.5, 0.6) is 0 Å². The molecule has 2 saturated heterocycles. The third-order valence-electron chi connectivity index (χ3n) is 7.77. The Hall–Kier alpha value is -1.25. The van der Waals surface area contributed by atoms with Crippen LogP contribution >= 0.6 is 0 Å². The Morgan fingerprint density at radius 3 is 2.45 bits per heavy atom. The quantitative estimate of drug-likeness (QED) is 0.289. The molecule has 7 nitrogen and oxygen atoms in total. The van der Waals surface area contributed by atoms with Gasteiger partial charge in [0.05, 0.1) is 24.4 Å². The van der Waals surface area contributed by atoms with Crippen LogP contribution < -0.4 is 5.73 Å². The summed E-state index contributed by atoms with van der Waals surface area (Å²) < 4.78 is 12.8. The Balaban J connectivity index is 2.01. The first-order valence-corrected chi connectivity index (χ1v) is 12.5. The summed E-state index contributed by atoms with van der Waals surface area (Å²) in [7, 11) is 0. The molecule has 2 rings (SSSR count).